The summed E-state index contributed by atoms with van der Waals surface area (Å²) in [7, 11) is 0. The van der Waals surface area contributed by atoms with Crippen LogP contribution in [0.4, 0.5) is 5.69 Å². The van der Waals surface area contributed by atoms with Crippen LogP contribution in [-0.4, -0.2) is 53.7 Å². The lowest BCUT2D eigenvalue weighted by Gasteiger charge is -2.34. The number of hydrogen-bond acceptors (Lipinski definition) is 7. The highest BCUT2D eigenvalue weighted by molar-refractivity contribution is 7.21. The zero-order chi connectivity index (χ0) is 22.4. The molecular weight excluding hydrogens is 436 g/mol. The van der Waals surface area contributed by atoms with Gasteiger partial charge in [0.05, 0.1) is 5.69 Å². The fraction of sp³-hybridized carbons (Fsp3) is 0.440. The fourth-order valence-electron chi connectivity index (χ4n) is 5.05. The number of fused-ring (bicyclic) bond motifs is 3. The van der Waals surface area contributed by atoms with Crippen molar-refractivity contribution < 1.29 is 14.3 Å². The molecule has 2 aromatic heterocycles. The number of amides is 1. The van der Waals surface area contributed by atoms with Gasteiger partial charge in [-0.05, 0) is 55.0 Å². The molecule has 1 aliphatic carbocycles. The third kappa shape index (κ3) is 3.91. The van der Waals surface area contributed by atoms with Crippen molar-refractivity contribution in [3.63, 3.8) is 0 Å². The third-order valence-corrected chi connectivity index (χ3v) is 8.05. The molecule has 1 amide bonds. The van der Waals surface area contributed by atoms with E-state index in [2.05, 4.69) is 17.0 Å². The molecule has 1 saturated heterocycles. The molecule has 3 aromatic rings. The van der Waals surface area contributed by atoms with E-state index < -0.39 is 0 Å². The van der Waals surface area contributed by atoms with E-state index in [9.17, 15) is 4.79 Å². The number of pyridine rings is 1. The van der Waals surface area contributed by atoms with Crippen LogP contribution in [0.15, 0.2) is 24.3 Å². The molecule has 1 fully saturated rings. The summed E-state index contributed by atoms with van der Waals surface area (Å²) in [6, 6.07) is 8.29. The Kier molecular flexibility index (Phi) is 5.34. The van der Waals surface area contributed by atoms with Crippen molar-refractivity contribution in [1.82, 2.24) is 14.8 Å². The number of nitrogens with two attached hydrogens (primary N) is 1. The van der Waals surface area contributed by atoms with Gasteiger partial charge >= 0.3 is 0 Å². The minimum Gasteiger partial charge on any atom is -0.454 e. The standard InChI is InChI=1S/C25H28N4O3S/c26-22-18-13-17-4-2-1-3-5-19(17)27-24(18)33-23(22)25(30)29-10-8-28(9-11-29)14-16-6-7-20-21(12-16)32-15-31-20/h6-7,12-13H,1-5,8-11,14-15,26H2. The first-order chi connectivity index (χ1) is 16.2. The maximum absolute atomic E-state index is 13.3. The zero-order valence-electron chi connectivity index (χ0n) is 18.6. The summed E-state index contributed by atoms with van der Waals surface area (Å²) in [5.74, 6) is 1.65. The molecule has 172 valence electrons. The molecule has 0 bridgehead atoms. The molecule has 0 saturated carbocycles. The van der Waals surface area contributed by atoms with Gasteiger partial charge in [0.1, 0.15) is 9.71 Å². The quantitative estimate of drug-likeness (QED) is 0.594. The van der Waals surface area contributed by atoms with Gasteiger partial charge in [-0.1, -0.05) is 12.5 Å². The van der Waals surface area contributed by atoms with Gasteiger partial charge < -0.3 is 20.1 Å². The summed E-state index contributed by atoms with van der Waals surface area (Å²) >= 11 is 1.45. The Labute approximate surface area is 197 Å². The second kappa shape index (κ2) is 8.50. The number of carbonyl (C=O) groups is 1. The lowest BCUT2D eigenvalue weighted by molar-refractivity contribution is 0.0634. The highest BCUT2D eigenvalue weighted by atomic mass is 32.1. The predicted molar refractivity (Wildman–Crippen MR) is 129 cm³/mol. The maximum atomic E-state index is 13.3. The Hall–Kier alpha value is -2.84. The monoisotopic (exact) mass is 464 g/mol. The van der Waals surface area contributed by atoms with Crippen molar-refractivity contribution in [2.24, 2.45) is 0 Å². The van der Waals surface area contributed by atoms with Gasteiger partial charge in [0, 0.05) is 43.8 Å². The van der Waals surface area contributed by atoms with Gasteiger partial charge in [-0.25, -0.2) is 4.98 Å². The van der Waals surface area contributed by atoms with Crippen LogP contribution in [0, 0.1) is 0 Å². The number of carbonyl (C=O) groups excluding carboxylic acids is 1. The molecule has 7 nitrogen and oxygen atoms in total. The SMILES string of the molecule is Nc1c(C(=O)N2CCN(Cc3ccc4c(c3)OCO4)CC2)sc2nc3c(cc12)CCCCC3. The first-order valence-electron chi connectivity index (χ1n) is 11.8. The number of nitrogen functional groups attached to an aromatic ring is 1. The number of rotatable bonds is 3. The molecule has 33 heavy (non-hydrogen) atoms. The summed E-state index contributed by atoms with van der Waals surface area (Å²) in [5, 5.41) is 0.949. The van der Waals surface area contributed by atoms with Gasteiger partial charge in [-0.2, -0.15) is 0 Å². The van der Waals surface area contributed by atoms with E-state index in [1.807, 2.05) is 17.0 Å². The first kappa shape index (κ1) is 20.7. The topological polar surface area (TPSA) is 80.9 Å². The van der Waals surface area contributed by atoms with Crippen LogP contribution in [0.25, 0.3) is 10.2 Å². The van der Waals surface area contributed by atoms with E-state index >= 15 is 0 Å². The van der Waals surface area contributed by atoms with Crippen LogP contribution < -0.4 is 15.2 Å². The number of ether oxygens (including phenoxy) is 2. The number of aromatic nitrogens is 1. The highest BCUT2D eigenvalue weighted by Crippen LogP contribution is 2.36. The number of hydrogen-bond donors (Lipinski definition) is 1. The first-order valence-corrected chi connectivity index (χ1v) is 12.6. The molecule has 1 aromatic carbocycles. The van der Waals surface area contributed by atoms with Crippen LogP contribution in [0.2, 0.25) is 0 Å². The molecule has 8 heteroatoms. The van der Waals surface area contributed by atoms with Crippen LogP contribution in [-0.2, 0) is 19.4 Å². The van der Waals surface area contributed by atoms with E-state index in [4.69, 9.17) is 20.2 Å². The summed E-state index contributed by atoms with van der Waals surface area (Å²) < 4.78 is 10.9. The zero-order valence-corrected chi connectivity index (χ0v) is 19.5. The summed E-state index contributed by atoms with van der Waals surface area (Å²) in [6.07, 6.45) is 5.73. The van der Waals surface area contributed by atoms with Crippen molar-refractivity contribution in [3.8, 4) is 11.5 Å². The van der Waals surface area contributed by atoms with Crippen LogP contribution in [0.3, 0.4) is 0 Å². The van der Waals surface area contributed by atoms with Gasteiger partial charge in [-0.3, -0.25) is 9.69 Å². The van der Waals surface area contributed by atoms with Gasteiger partial charge in [0.15, 0.2) is 11.5 Å². The lowest BCUT2D eigenvalue weighted by atomic mass is 10.1. The van der Waals surface area contributed by atoms with Crippen molar-refractivity contribution >= 4 is 33.1 Å². The molecule has 2 aliphatic heterocycles. The maximum Gasteiger partial charge on any atom is 0.266 e. The number of aryl methyl sites for hydroxylation is 2. The van der Waals surface area contributed by atoms with E-state index in [0.717, 1.165) is 54.2 Å². The Morgan fingerprint density at radius 1 is 1.03 bits per heavy atom. The Morgan fingerprint density at radius 3 is 2.73 bits per heavy atom. The Balaban J connectivity index is 1.14. The summed E-state index contributed by atoms with van der Waals surface area (Å²) in [4.78, 5) is 24.1. The Bertz CT molecular complexity index is 1220. The summed E-state index contributed by atoms with van der Waals surface area (Å²) in [6.45, 7) is 4.18. The second-order valence-electron chi connectivity index (χ2n) is 9.11. The van der Waals surface area contributed by atoms with Crippen molar-refractivity contribution in [2.45, 2.75) is 38.6 Å². The number of piperazine rings is 1. The molecular formula is C25H28N4O3S. The largest absolute Gasteiger partial charge is 0.454 e. The number of anilines is 1. The molecule has 0 atom stereocenters. The minimum absolute atomic E-state index is 0.0356. The van der Waals surface area contributed by atoms with E-state index in [1.165, 1.54) is 47.4 Å². The predicted octanol–water partition coefficient (Wildman–Crippen LogP) is 3.83. The minimum atomic E-state index is 0.0356. The average molecular weight is 465 g/mol. The normalized spacial score (nSPS) is 18.4. The summed E-state index contributed by atoms with van der Waals surface area (Å²) in [5.41, 5.74) is 10.8. The number of benzene rings is 1. The van der Waals surface area contributed by atoms with Gasteiger partial charge in [0.25, 0.3) is 5.91 Å². The molecule has 4 heterocycles. The molecule has 0 spiro atoms. The van der Waals surface area contributed by atoms with E-state index in [1.54, 1.807) is 0 Å². The second-order valence-corrected chi connectivity index (χ2v) is 10.1. The smallest absolute Gasteiger partial charge is 0.266 e. The Morgan fingerprint density at radius 2 is 1.85 bits per heavy atom. The molecule has 6 rings (SSSR count). The van der Waals surface area contributed by atoms with E-state index in [0.29, 0.717) is 30.4 Å². The molecule has 3 aliphatic rings. The van der Waals surface area contributed by atoms with Crippen LogP contribution >= 0.6 is 11.3 Å². The molecule has 2 N–H and O–H groups in total. The fourth-order valence-corrected chi connectivity index (χ4v) is 6.11. The number of thiophene rings is 1. The molecule has 0 radical (unpaired) electrons. The third-order valence-electron chi connectivity index (χ3n) is 6.95. The van der Waals surface area contributed by atoms with E-state index in [-0.39, 0.29) is 5.91 Å². The van der Waals surface area contributed by atoms with Gasteiger partial charge in [0.2, 0.25) is 6.79 Å². The van der Waals surface area contributed by atoms with Crippen molar-refractivity contribution in [2.75, 3.05) is 38.7 Å². The average Bonchev–Trinajstić information content (AvgIpc) is 3.34. The van der Waals surface area contributed by atoms with Crippen molar-refractivity contribution in [3.05, 3.63) is 46.0 Å². The molecule has 0 unspecified atom stereocenters. The lowest BCUT2D eigenvalue weighted by Crippen LogP contribution is -2.48. The van der Waals surface area contributed by atoms with Crippen molar-refractivity contribution in [1.29, 1.82) is 0 Å². The van der Waals surface area contributed by atoms with Crippen LogP contribution in [0.5, 0.6) is 11.5 Å². The number of nitrogens with zero attached hydrogens (tertiary/aromatic N) is 3. The highest BCUT2D eigenvalue weighted by Gasteiger charge is 2.27. The van der Waals surface area contributed by atoms with Crippen LogP contribution in [0.1, 0.15) is 45.8 Å². The van der Waals surface area contributed by atoms with Gasteiger partial charge in [-0.15, -0.1) is 11.3 Å².